The average molecular weight is 360 g/mol. The maximum absolute atomic E-state index is 12.4. The van der Waals surface area contributed by atoms with Gasteiger partial charge in [-0.05, 0) is 31.9 Å². The van der Waals surface area contributed by atoms with E-state index in [1.54, 1.807) is 30.0 Å². The van der Waals surface area contributed by atoms with Crippen LogP contribution in [0.4, 0.5) is 0 Å². The van der Waals surface area contributed by atoms with Gasteiger partial charge in [-0.3, -0.25) is 9.59 Å². The third-order valence-electron chi connectivity index (χ3n) is 3.89. The fourth-order valence-electron chi connectivity index (χ4n) is 2.56. The number of rotatable bonds is 4. The molecule has 1 aromatic carbocycles. The number of nitrogens with zero attached hydrogens (tertiary/aromatic N) is 1. The van der Waals surface area contributed by atoms with Crippen LogP contribution in [0.2, 0.25) is 10.0 Å². The Morgan fingerprint density at radius 3 is 2.43 bits per heavy atom. The van der Waals surface area contributed by atoms with Crippen LogP contribution >= 0.6 is 23.2 Å². The van der Waals surface area contributed by atoms with Crippen LogP contribution < -0.4 is 4.74 Å². The van der Waals surface area contributed by atoms with Gasteiger partial charge in [-0.25, -0.2) is 0 Å². The molecule has 1 saturated heterocycles. The van der Waals surface area contributed by atoms with Crippen molar-refractivity contribution in [2.24, 2.45) is 5.92 Å². The first-order valence-electron chi connectivity index (χ1n) is 7.40. The van der Waals surface area contributed by atoms with Gasteiger partial charge in [0.15, 0.2) is 6.10 Å². The molecule has 23 heavy (non-hydrogen) atoms. The second kappa shape index (κ2) is 7.88. The molecule has 5 nitrogen and oxygen atoms in total. The third kappa shape index (κ3) is 4.52. The minimum atomic E-state index is -0.637. The van der Waals surface area contributed by atoms with Crippen molar-refractivity contribution in [1.29, 1.82) is 0 Å². The summed E-state index contributed by atoms with van der Waals surface area (Å²) in [5.74, 6) is 0.0386. The van der Waals surface area contributed by atoms with Gasteiger partial charge in [-0.1, -0.05) is 23.2 Å². The van der Waals surface area contributed by atoms with Crippen molar-refractivity contribution in [3.05, 3.63) is 28.2 Å². The Morgan fingerprint density at radius 1 is 1.22 bits per heavy atom. The molecule has 0 spiro atoms. The quantitative estimate of drug-likeness (QED) is 0.774. The molecule has 0 radical (unpaired) electrons. The van der Waals surface area contributed by atoms with Gasteiger partial charge in [0, 0.05) is 19.2 Å². The Kier molecular flexibility index (Phi) is 6.13. The van der Waals surface area contributed by atoms with Gasteiger partial charge in [-0.2, -0.15) is 0 Å². The van der Waals surface area contributed by atoms with Crippen LogP contribution in [0.15, 0.2) is 18.2 Å². The highest BCUT2D eigenvalue weighted by Gasteiger charge is 2.30. The number of methoxy groups -OCH3 is 1. The molecular formula is C16H19Cl2NO4. The summed E-state index contributed by atoms with van der Waals surface area (Å²) in [6.45, 7) is 2.73. The van der Waals surface area contributed by atoms with E-state index in [-0.39, 0.29) is 17.8 Å². The van der Waals surface area contributed by atoms with Gasteiger partial charge in [0.25, 0.3) is 5.91 Å². The molecule has 0 N–H and O–H groups in total. The molecule has 126 valence electrons. The second-order valence-electron chi connectivity index (χ2n) is 5.46. The highest BCUT2D eigenvalue weighted by molar-refractivity contribution is 6.42. The van der Waals surface area contributed by atoms with Gasteiger partial charge < -0.3 is 14.4 Å². The summed E-state index contributed by atoms with van der Waals surface area (Å²) < 4.78 is 10.4. The lowest BCUT2D eigenvalue weighted by Gasteiger charge is -2.32. The number of likely N-dealkylation sites (tertiary alicyclic amines) is 1. The molecule has 0 bridgehead atoms. The number of hydrogen-bond acceptors (Lipinski definition) is 4. The van der Waals surface area contributed by atoms with Crippen molar-refractivity contribution in [3.63, 3.8) is 0 Å². The summed E-state index contributed by atoms with van der Waals surface area (Å²) in [6.07, 6.45) is 0.581. The van der Waals surface area contributed by atoms with Crippen LogP contribution in [-0.2, 0) is 14.3 Å². The number of carbonyl (C=O) groups is 2. The molecule has 1 atom stereocenters. The Bertz CT molecular complexity index is 585. The summed E-state index contributed by atoms with van der Waals surface area (Å²) in [4.78, 5) is 25.6. The van der Waals surface area contributed by atoms with Crippen LogP contribution in [0.3, 0.4) is 0 Å². The summed E-state index contributed by atoms with van der Waals surface area (Å²) in [6, 6.07) is 4.87. The van der Waals surface area contributed by atoms with Crippen molar-refractivity contribution in [2.45, 2.75) is 25.9 Å². The van der Waals surface area contributed by atoms with Crippen molar-refractivity contribution in [1.82, 2.24) is 4.90 Å². The fourth-order valence-corrected chi connectivity index (χ4v) is 2.85. The fraction of sp³-hybridized carbons (Fsp3) is 0.500. The highest BCUT2D eigenvalue weighted by atomic mass is 35.5. The van der Waals surface area contributed by atoms with Gasteiger partial charge in [0.1, 0.15) is 5.75 Å². The Labute approximate surface area is 145 Å². The molecule has 1 aliphatic heterocycles. The van der Waals surface area contributed by atoms with Gasteiger partial charge in [-0.15, -0.1) is 0 Å². The zero-order chi connectivity index (χ0) is 17.0. The predicted molar refractivity (Wildman–Crippen MR) is 87.9 cm³/mol. The molecule has 1 aliphatic rings. The van der Waals surface area contributed by atoms with Gasteiger partial charge in [0.05, 0.1) is 23.1 Å². The van der Waals surface area contributed by atoms with E-state index in [9.17, 15) is 9.59 Å². The van der Waals surface area contributed by atoms with Crippen molar-refractivity contribution < 1.29 is 19.1 Å². The first kappa shape index (κ1) is 17.9. The maximum Gasteiger partial charge on any atom is 0.308 e. The average Bonchev–Trinajstić information content (AvgIpc) is 2.57. The number of halogens is 2. The number of esters is 1. The Balaban J connectivity index is 1.90. The molecule has 2 rings (SSSR count). The number of amides is 1. The Hall–Kier alpha value is -1.46. The number of carbonyl (C=O) groups excluding carboxylic acids is 2. The monoisotopic (exact) mass is 359 g/mol. The molecule has 1 aromatic rings. The van der Waals surface area contributed by atoms with E-state index in [1.807, 2.05) is 0 Å². The normalized spacial score (nSPS) is 16.8. The van der Waals surface area contributed by atoms with E-state index >= 15 is 0 Å². The number of benzene rings is 1. The van der Waals surface area contributed by atoms with E-state index < -0.39 is 6.10 Å². The zero-order valence-corrected chi connectivity index (χ0v) is 14.6. The molecular weight excluding hydrogens is 341 g/mol. The lowest BCUT2D eigenvalue weighted by atomic mass is 9.97. The largest absolute Gasteiger partial charge is 0.481 e. The predicted octanol–water partition coefficient (Wildman–Crippen LogP) is 3.17. The second-order valence-corrected chi connectivity index (χ2v) is 6.27. The number of ether oxygens (including phenoxy) is 2. The van der Waals surface area contributed by atoms with Crippen molar-refractivity contribution in [2.75, 3.05) is 20.2 Å². The summed E-state index contributed by atoms with van der Waals surface area (Å²) in [5, 5.41) is 0.811. The molecule has 1 amide bonds. The third-order valence-corrected chi connectivity index (χ3v) is 4.63. The standard InChI is InChI=1S/C16H19Cl2NO4/c1-10(23-12-3-4-13(17)14(18)9-12)15(20)19-7-5-11(6-8-19)16(21)22-2/h3-4,9-11H,5-8H2,1-2H3. The van der Waals surface area contributed by atoms with E-state index in [0.717, 1.165) is 0 Å². The molecule has 1 fully saturated rings. The van der Waals surface area contributed by atoms with Crippen LogP contribution in [-0.4, -0.2) is 43.1 Å². The van der Waals surface area contributed by atoms with E-state index in [0.29, 0.717) is 41.7 Å². The number of piperidine rings is 1. The van der Waals surface area contributed by atoms with Gasteiger partial charge in [0.2, 0.25) is 0 Å². The van der Waals surface area contributed by atoms with Crippen LogP contribution in [0, 0.1) is 5.92 Å². The van der Waals surface area contributed by atoms with Crippen LogP contribution in [0.25, 0.3) is 0 Å². The minimum absolute atomic E-state index is 0.112. The first-order chi connectivity index (χ1) is 10.9. The van der Waals surface area contributed by atoms with Crippen LogP contribution in [0.5, 0.6) is 5.75 Å². The van der Waals surface area contributed by atoms with Crippen molar-refractivity contribution >= 4 is 35.1 Å². The van der Waals surface area contributed by atoms with Crippen molar-refractivity contribution in [3.8, 4) is 5.75 Å². The minimum Gasteiger partial charge on any atom is -0.481 e. The highest BCUT2D eigenvalue weighted by Crippen LogP contribution is 2.27. The lowest BCUT2D eigenvalue weighted by Crippen LogP contribution is -2.45. The Morgan fingerprint density at radius 2 is 1.87 bits per heavy atom. The van der Waals surface area contributed by atoms with Gasteiger partial charge >= 0.3 is 5.97 Å². The zero-order valence-electron chi connectivity index (χ0n) is 13.1. The molecule has 0 saturated carbocycles. The summed E-state index contributed by atoms with van der Waals surface area (Å²) in [7, 11) is 1.38. The number of hydrogen-bond donors (Lipinski definition) is 0. The van der Waals surface area contributed by atoms with E-state index in [1.165, 1.54) is 7.11 Å². The summed E-state index contributed by atoms with van der Waals surface area (Å²) >= 11 is 11.8. The maximum atomic E-state index is 12.4. The topological polar surface area (TPSA) is 55.8 Å². The first-order valence-corrected chi connectivity index (χ1v) is 8.16. The van der Waals surface area contributed by atoms with E-state index in [4.69, 9.17) is 32.7 Å². The smallest absolute Gasteiger partial charge is 0.308 e. The molecule has 7 heteroatoms. The summed E-state index contributed by atoms with van der Waals surface area (Å²) in [5.41, 5.74) is 0. The van der Waals surface area contributed by atoms with Crippen LogP contribution in [0.1, 0.15) is 19.8 Å². The SMILES string of the molecule is COC(=O)C1CCN(C(=O)C(C)Oc2ccc(Cl)c(Cl)c2)CC1. The van der Waals surface area contributed by atoms with E-state index in [2.05, 4.69) is 0 Å². The molecule has 1 unspecified atom stereocenters. The molecule has 0 aliphatic carbocycles. The molecule has 1 heterocycles. The molecule has 0 aromatic heterocycles. The lowest BCUT2D eigenvalue weighted by molar-refractivity contribution is -0.150.